The normalized spacial score (nSPS) is 9.67. The number of nitrogens with zero attached hydrogens (tertiary/aromatic N) is 3. The first-order valence-electron chi connectivity index (χ1n) is 5.74. The standard InChI is InChI=1S/C13H18N4O/c1-4-17(9-13(18)16(2)3)11-5-6-12(15)10(7-11)8-14/h5-7H,4,9,15H2,1-3H3. The molecule has 0 aromatic heterocycles. The lowest BCUT2D eigenvalue weighted by atomic mass is 10.1. The first-order valence-corrected chi connectivity index (χ1v) is 5.74. The fourth-order valence-electron chi connectivity index (χ4n) is 1.53. The Balaban J connectivity index is 2.96. The van der Waals surface area contributed by atoms with Crippen molar-refractivity contribution in [1.82, 2.24) is 4.90 Å². The van der Waals surface area contributed by atoms with Gasteiger partial charge >= 0.3 is 0 Å². The van der Waals surface area contributed by atoms with Gasteiger partial charge in [0.05, 0.1) is 12.1 Å². The van der Waals surface area contributed by atoms with E-state index in [0.29, 0.717) is 17.8 Å². The maximum absolute atomic E-state index is 11.7. The number of nitriles is 1. The zero-order valence-electron chi connectivity index (χ0n) is 11.0. The summed E-state index contributed by atoms with van der Waals surface area (Å²) in [5.41, 5.74) is 7.40. The Morgan fingerprint density at radius 2 is 2.11 bits per heavy atom. The molecule has 18 heavy (non-hydrogen) atoms. The first-order chi connectivity index (χ1) is 8.49. The fraction of sp³-hybridized carbons (Fsp3) is 0.385. The molecule has 0 saturated carbocycles. The van der Waals surface area contributed by atoms with Crippen LogP contribution in [0.1, 0.15) is 12.5 Å². The van der Waals surface area contributed by atoms with Crippen LogP contribution in [0.4, 0.5) is 11.4 Å². The number of rotatable bonds is 4. The molecule has 0 spiro atoms. The molecular formula is C13H18N4O. The van der Waals surface area contributed by atoms with Crippen molar-refractivity contribution >= 4 is 17.3 Å². The van der Waals surface area contributed by atoms with Crippen LogP contribution < -0.4 is 10.6 Å². The molecule has 0 radical (unpaired) electrons. The van der Waals surface area contributed by atoms with Crippen LogP contribution in [0.2, 0.25) is 0 Å². The second-order valence-electron chi connectivity index (χ2n) is 4.19. The molecular weight excluding hydrogens is 228 g/mol. The van der Waals surface area contributed by atoms with Gasteiger partial charge in [-0.3, -0.25) is 4.79 Å². The van der Waals surface area contributed by atoms with Gasteiger partial charge in [0.25, 0.3) is 0 Å². The van der Waals surface area contributed by atoms with E-state index in [9.17, 15) is 4.79 Å². The second kappa shape index (κ2) is 5.92. The molecule has 0 heterocycles. The van der Waals surface area contributed by atoms with E-state index in [4.69, 9.17) is 11.0 Å². The highest BCUT2D eigenvalue weighted by Crippen LogP contribution is 2.20. The van der Waals surface area contributed by atoms with Crippen LogP contribution in [0.5, 0.6) is 0 Å². The maximum Gasteiger partial charge on any atom is 0.241 e. The van der Waals surface area contributed by atoms with Crippen LogP contribution in [-0.2, 0) is 4.79 Å². The van der Waals surface area contributed by atoms with Gasteiger partial charge in [-0.05, 0) is 25.1 Å². The Labute approximate surface area is 107 Å². The van der Waals surface area contributed by atoms with Crippen molar-refractivity contribution in [3.05, 3.63) is 23.8 Å². The van der Waals surface area contributed by atoms with E-state index in [1.807, 2.05) is 24.0 Å². The van der Waals surface area contributed by atoms with Crippen LogP contribution in [0, 0.1) is 11.3 Å². The summed E-state index contributed by atoms with van der Waals surface area (Å²) in [6, 6.07) is 7.27. The van der Waals surface area contributed by atoms with Gasteiger partial charge in [0.15, 0.2) is 0 Å². The number of nitrogens with two attached hydrogens (primary N) is 1. The van der Waals surface area contributed by atoms with Crippen molar-refractivity contribution in [2.24, 2.45) is 0 Å². The number of hydrogen-bond donors (Lipinski definition) is 1. The molecule has 1 aromatic rings. The highest BCUT2D eigenvalue weighted by Gasteiger charge is 2.12. The zero-order chi connectivity index (χ0) is 13.7. The predicted molar refractivity (Wildman–Crippen MR) is 72.2 cm³/mol. The van der Waals surface area contributed by atoms with Crippen molar-refractivity contribution in [1.29, 1.82) is 5.26 Å². The summed E-state index contributed by atoms with van der Waals surface area (Å²) in [6.45, 7) is 2.94. The van der Waals surface area contributed by atoms with Crippen LogP contribution >= 0.6 is 0 Å². The van der Waals surface area contributed by atoms with Crippen LogP contribution in [0.3, 0.4) is 0 Å². The van der Waals surface area contributed by atoms with Gasteiger partial charge in [0.2, 0.25) is 5.91 Å². The molecule has 5 heteroatoms. The molecule has 0 aliphatic carbocycles. The Morgan fingerprint density at radius 1 is 1.44 bits per heavy atom. The van der Waals surface area contributed by atoms with E-state index >= 15 is 0 Å². The van der Waals surface area contributed by atoms with Crippen LogP contribution in [0.15, 0.2) is 18.2 Å². The highest BCUT2D eigenvalue weighted by molar-refractivity contribution is 5.81. The minimum atomic E-state index is 0.0205. The number of likely N-dealkylation sites (N-methyl/N-ethyl adjacent to an activating group) is 2. The molecule has 5 nitrogen and oxygen atoms in total. The molecule has 2 N–H and O–H groups in total. The molecule has 0 bridgehead atoms. The molecule has 1 rings (SSSR count). The number of anilines is 2. The van der Waals surface area contributed by atoms with Gasteiger partial charge < -0.3 is 15.5 Å². The third-order valence-electron chi connectivity index (χ3n) is 2.73. The summed E-state index contributed by atoms with van der Waals surface area (Å²) in [5, 5.41) is 8.94. The summed E-state index contributed by atoms with van der Waals surface area (Å²) >= 11 is 0. The summed E-state index contributed by atoms with van der Waals surface area (Å²) in [6.07, 6.45) is 0. The average Bonchev–Trinajstić information content (AvgIpc) is 2.36. The molecule has 0 aliphatic heterocycles. The third-order valence-corrected chi connectivity index (χ3v) is 2.73. The fourth-order valence-corrected chi connectivity index (χ4v) is 1.53. The van der Waals surface area contributed by atoms with E-state index in [2.05, 4.69) is 0 Å². The van der Waals surface area contributed by atoms with E-state index < -0.39 is 0 Å². The topological polar surface area (TPSA) is 73.4 Å². The predicted octanol–water partition coefficient (Wildman–Crippen LogP) is 1.05. The van der Waals surface area contributed by atoms with Crippen LogP contribution in [-0.4, -0.2) is 38.0 Å². The van der Waals surface area contributed by atoms with Crippen molar-refractivity contribution in [3.63, 3.8) is 0 Å². The Morgan fingerprint density at radius 3 is 2.61 bits per heavy atom. The largest absolute Gasteiger partial charge is 0.398 e. The molecule has 0 unspecified atom stereocenters. The number of benzene rings is 1. The van der Waals surface area contributed by atoms with Crippen molar-refractivity contribution in [3.8, 4) is 6.07 Å². The van der Waals surface area contributed by atoms with Crippen molar-refractivity contribution in [2.45, 2.75) is 6.92 Å². The summed E-state index contributed by atoms with van der Waals surface area (Å²) in [5.74, 6) is 0.0205. The van der Waals surface area contributed by atoms with Crippen LogP contribution in [0.25, 0.3) is 0 Å². The lowest BCUT2D eigenvalue weighted by molar-refractivity contribution is -0.127. The quantitative estimate of drug-likeness (QED) is 0.806. The number of carbonyl (C=O) groups is 1. The smallest absolute Gasteiger partial charge is 0.241 e. The second-order valence-corrected chi connectivity index (χ2v) is 4.19. The van der Waals surface area contributed by atoms with Crippen molar-refractivity contribution < 1.29 is 4.79 Å². The minimum absolute atomic E-state index is 0.0205. The van der Waals surface area contributed by atoms with E-state index in [1.165, 1.54) is 0 Å². The van der Waals surface area contributed by atoms with Gasteiger partial charge in [-0.15, -0.1) is 0 Å². The number of carbonyl (C=O) groups excluding carboxylic acids is 1. The minimum Gasteiger partial charge on any atom is -0.398 e. The monoisotopic (exact) mass is 246 g/mol. The highest BCUT2D eigenvalue weighted by atomic mass is 16.2. The molecule has 0 atom stereocenters. The average molecular weight is 246 g/mol. The molecule has 96 valence electrons. The zero-order valence-corrected chi connectivity index (χ0v) is 11.0. The lowest BCUT2D eigenvalue weighted by Crippen LogP contribution is -2.36. The Kier molecular flexibility index (Phi) is 4.55. The number of hydrogen-bond acceptors (Lipinski definition) is 4. The van der Waals surface area contributed by atoms with Gasteiger partial charge in [0.1, 0.15) is 6.07 Å². The van der Waals surface area contributed by atoms with Gasteiger partial charge in [0, 0.05) is 32.0 Å². The summed E-state index contributed by atoms with van der Waals surface area (Å²) in [7, 11) is 3.44. The Hall–Kier alpha value is -2.22. The van der Waals surface area contributed by atoms with E-state index in [-0.39, 0.29) is 12.5 Å². The first kappa shape index (κ1) is 13.8. The third kappa shape index (κ3) is 3.14. The lowest BCUT2D eigenvalue weighted by Gasteiger charge is -2.24. The molecule has 1 aromatic carbocycles. The van der Waals surface area contributed by atoms with E-state index in [1.54, 1.807) is 31.1 Å². The molecule has 1 amide bonds. The van der Waals surface area contributed by atoms with Gasteiger partial charge in [-0.1, -0.05) is 0 Å². The molecule has 0 fully saturated rings. The van der Waals surface area contributed by atoms with Gasteiger partial charge in [-0.2, -0.15) is 5.26 Å². The summed E-state index contributed by atoms with van der Waals surface area (Å²) < 4.78 is 0. The SMILES string of the molecule is CCN(CC(=O)N(C)C)c1ccc(N)c(C#N)c1. The molecule has 0 aliphatic rings. The number of amides is 1. The maximum atomic E-state index is 11.7. The van der Waals surface area contributed by atoms with E-state index in [0.717, 1.165) is 5.69 Å². The summed E-state index contributed by atoms with van der Waals surface area (Å²) in [4.78, 5) is 15.2. The van der Waals surface area contributed by atoms with Crippen molar-refractivity contribution in [2.75, 3.05) is 37.8 Å². The Bertz CT molecular complexity index is 476. The van der Waals surface area contributed by atoms with Gasteiger partial charge in [-0.25, -0.2) is 0 Å². The molecule has 0 saturated heterocycles. The number of nitrogen functional groups attached to an aromatic ring is 1.